The van der Waals surface area contributed by atoms with E-state index in [1.807, 2.05) is 0 Å². The van der Waals surface area contributed by atoms with Crippen LogP contribution in [0.2, 0.25) is 0 Å². The molecule has 2 aliphatic heterocycles. The Morgan fingerprint density at radius 2 is 1.29 bits per heavy atom. The number of rotatable bonds is 0. The molecule has 0 spiro atoms. The van der Waals surface area contributed by atoms with Crippen LogP contribution in [-0.4, -0.2) is 11.5 Å². The van der Waals surface area contributed by atoms with Gasteiger partial charge < -0.3 is 9.29 Å². The van der Waals surface area contributed by atoms with Crippen LogP contribution in [0.15, 0.2) is 103 Å². The molecule has 3 heterocycles. The van der Waals surface area contributed by atoms with E-state index in [9.17, 15) is 0 Å². The average Bonchev–Trinajstić information content (AvgIpc) is 3.36. The Kier molecular flexibility index (Phi) is 2.75. The highest BCUT2D eigenvalue weighted by molar-refractivity contribution is 6.82. The summed E-state index contributed by atoms with van der Waals surface area (Å²) in [5.74, 6) is 0. The standard InChI is InChI=1S/C28H17BN2/c1-2-9-19-17-27-23(16-18(19)8-1)20-10-3-5-13-24(20)29-30(27)26-15-7-12-22-21-11-4-6-14-25(21)31(29)28(22)26/h1-17H. The monoisotopic (exact) mass is 392 g/mol. The molecule has 0 unspecified atom stereocenters. The zero-order valence-corrected chi connectivity index (χ0v) is 16.8. The van der Waals surface area contributed by atoms with E-state index in [2.05, 4.69) is 112 Å². The predicted molar refractivity (Wildman–Crippen MR) is 132 cm³/mol. The minimum atomic E-state index is 0.129. The summed E-state index contributed by atoms with van der Waals surface area (Å²) in [6.45, 7) is 0.129. The van der Waals surface area contributed by atoms with Crippen LogP contribution < -0.4 is 10.3 Å². The number of hydrogen-bond donors (Lipinski definition) is 0. The Morgan fingerprint density at radius 1 is 0.548 bits per heavy atom. The second-order valence-corrected chi connectivity index (χ2v) is 8.61. The smallest absolute Gasteiger partial charge is 0.359 e. The van der Waals surface area contributed by atoms with Gasteiger partial charge in [-0.2, -0.15) is 0 Å². The third-order valence-electron chi connectivity index (χ3n) is 7.11. The molecule has 0 N–H and O–H groups in total. The number of hydrogen-bond acceptors (Lipinski definition) is 1. The van der Waals surface area contributed by atoms with Crippen LogP contribution >= 0.6 is 0 Å². The lowest BCUT2D eigenvalue weighted by Gasteiger charge is -2.35. The first-order valence-electron chi connectivity index (χ1n) is 10.8. The van der Waals surface area contributed by atoms with E-state index in [1.165, 1.54) is 60.5 Å². The Hall–Kier alpha value is -3.98. The van der Waals surface area contributed by atoms with E-state index in [-0.39, 0.29) is 6.98 Å². The molecule has 0 radical (unpaired) electrons. The molecule has 0 saturated heterocycles. The molecule has 6 aromatic rings. The summed E-state index contributed by atoms with van der Waals surface area (Å²) in [5.41, 5.74) is 9.25. The summed E-state index contributed by atoms with van der Waals surface area (Å²) >= 11 is 0. The van der Waals surface area contributed by atoms with Crippen LogP contribution in [0.4, 0.5) is 11.4 Å². The van der Waals surface area contributed by atoms with Crippen molar-refractivity contribution in [2.24, 2.45) is 0 Å². The maximum absolute atomic E-state index is 2.55. The van der Waals surface area contributed by atoms with Gasteiger partial charge in [-0.15, -0.1) is 0 Å². The quantitative estimate of drug-likeness (QED) is 0.275. The molecule has 8 rings (SSSR count). The number of nitrogens with zero attached hydrogens (tertiary/aromatic N) is 2. The summed E-state index contributed by atoms with van der Waals surface area (Å²) in [5, 5.41) is 5.24. The molecule has 3 heteroatoms. The van der Waals surface area contributed by atoms with Gasteiger partial charge >= 0.3 is 6.98 Å². The van der Waals surface area contributed by atoms with E-state index in [0.29, 0.717) is 0 Å². The van der Waals surface area contributed by atoms with Crippen molar-refractivity contribution in [1.29, 1.82) is 0 Å². The molecule has 5 aromatic carbocycles. The molecule has 31 heavy (non-hydrogen) atoms. The first-order valence-corrected chi connectivity index (χ1v) is 10.8. The van der Waals surface area contributed by atoms with Crippen LogP contribution in [0, 0.1) is 0 Å². The molecule has 142 valence electrons. The van der Waals surface area contributed by atoms with Crippen LogP contribution in [0.5, 0.6) is 0 Å². The fraction of sp³-hybridized carbons (Fsp3) is 0. The number of anilines is 2. The lowest BCUT2D eigenvalue weighted by molar-refractivity contribution is 1.31. The summed E-state index contributed by atoms with van der Waals surface area (Å²) in [6, 6.07) is 37.9. The largest absolute Gasteiger partial charge is 0.421 e. The lowest BCUT2D eigenvalue weighted by Crippen LogP contribution is -2.51. The van der Waals surface area contributed by atoms with E-state index in [4.69, 9.17) is 0 Å². The maximum Gasteiger partial charge on any atom is 0.421 e. The molecular weight excluding hydrogens is 375 g/mol. The predicted octanol–water partition coefficient (Wildman–Crippen LogP) is 6.32. The molecule has 1 aromatic heterocycles. The Balaban J connectivity index is 1.58. The fourth-order valence-corrected chi connectivity index (χ4v) is 5.88. The van der Waals surface area contributed by atoms with Crippen molar-refractivity contribution < 1.29 is 0 Å². The van der Waals surface area contributed by atoms with Gasteiger partial charge in [-0.3, -0.25) is 0 Å². The molecule has 0 amide bonds. The zero-order chi connectivity index (χ0) is 20.1. The molecular formula is C28H17BN2. The topological polar surface area (TPSA) is 8.17 Å². The molecule has 0 saturated carbocycles. The molecule has 2 aliphatic rings. The second-order valence-electron chi connectivity index (χ2n) is 8.61. The van der Waals surface area contributed by atoms with Crippen molar-refractivity contribution in [2.75, 3.05) is 4.81 Å². The SMILES string of the molecule is c1ccc2c(c1)B1N(c3cc4ccccc4cc3-2)c2cccc3c4ccccc4n1c23. The highest BCUT2D eigenvalue weighted by Gasteiger charge is 2.44. The second kappa shape index (κ2) is 5.38. The van der Waals surface area contributed by atoms with E-state index >= 15 is 0 Å². The third kappa shape index (κ3) is 1.81. The van der Waals surface area contributed by atoms with Gasteiger partial charge in [0.1, 0.15) is 0 Å². The van der Waals surface area contributed by atoms with Gasteiger partial charge in [0.2, 0.25) is 0 Å². The van der Waals surface area contributed by atoms with Gasteiger partial charge in [-0.05, 0) is 46.1 Å². The van der Waals surface area contributed by atoms with Crippen LogP contribution in [-0.2, 0) is 0 Å². The summed E-state index contributed by atoms with van der Waals surface area (Å²) < 4.78 is 2.55. The highest BCUT2D eigenvalue weighted by Crippen LogP contribution is 2.49. The highest BCUT2D eigenvalue weighted by atomic mass is 15.2. The van der Waals surface area contributed by atoms with Gasteiger partial charge in [-0.1, -0.05) is 78.9 Å². The lowest BCUT2D eigenvalue weighted by atomic mass is 9.60. The average molecular weight is 392 g/mol. The zero-order valence-electron chi connectivity index (χ0n) is 16.8. The fourth-order valence-electron chi connectivity index (χ4n) is 5.88. The van der Waals surface area contributed by atoms with Crippen molar-refractivity contribution in [3.63, 3.8) is 0 Å². The van der Waals surface area contributed by atoms with Gasteiger partial charge in [0, 0.05) is 27.5 Å². The van der Waals surface area contributed by atoms with Crippen LogP contribution in [0.3, 0.4) is 0 Å². The Morgan fingerprint density at radius 3 is 2.23 bits per heavy atom. The Bertz CT molecular complexity index is 1710. The number of benzene rings is 5. The van der Waals surface area contributed by atoms with E-state index in [0.717, 1.165) is 0 Å². The van der Waals surface area contributed by atoms with Gasteiger partial charge in [0.05, 0.1) is 11.2 Å². The first kappa shape index (κ1) is 15.8. The van der Waals surface area contributed by atoms with Gasteiger partial charge in [0.25, 0.3) is 0 Å². The van der Waals surface area contributed by atoms with Crippen molar-refractivity contribution in [2.45, 2.75) is 0 Å². The summed E-state index contributed by atoms with van der Waals surface area (Å²) in [4.78, 5) is 2.55. The maximum atomic E-state index is 2.55. The van der Waals surface area contributed by atoms with Crippen LogP contribution in [0.25, 0.3) is 43.7 Å². The number of fused-ring (bicyclic) bond motifs is 12. The summed E-state index contributed by atoms with van der Waals surface area (Å²) in [6.07, 6.45) is 0. The number of para-hydroxylation sites is 2. The Labute approximate surface area is 180 Å². The van der Waals surface area contributed by atoms with Crippen LogP contribution in [0.1, 0.15) is 0 Å². The van der Waals surface area contributed by atoms with Crippen molar-refractivity contribution in [1.82, 2.24) is 4.48 Å². The molecule has 0 aliphatic carbocycles. The molecule has 0 atom stereocenters. The van der Waals surface area contributed by atoms with Gasteiger partial charge in [-0.25, -0.2) is 0 Å². The normalized spacial score (nSPS) is 13.7. The van der Waals surface area contributed by atoms with E-state index < -0.39 is 0 Å². The molecule has 0 bridgehead atoms. The number of aromatic nitrogens is 1. The van der Waals surface area contributed by atoms with Gasteiger partial charge in [0.15, 0.2) is 0 Å². The van der Waals surface area contributed by atoms with Crippen molar-refractivity contribution in [3.05, 3.63) is 103 Å². The first-order chi connectivity index (χ1) is 15.4. The van der Waals surface area contributed by atoms with E-state index in [1.54, 1.807) is 0 Å². The van der Waals surface area contributed by atoms with Crippen molar-refractivity contribution >= 4 is 56.4 Å². The minimum Gasteiger partial charge on any atom is -0.359 e. The molecule has 0 fully saturated rings. The van der Waals surface area contributed by atoms with Crippen molar-refractivity contribution in [3.8, 4) is 11.1 Å². The molecule has 2 nitrogen and oxygen atoms in total. The third-order valence-corrected chi connectivity index (χ3v) is 7.11. The minimum absolute atomic E-state index is 0.129. The summed E-state index contributed by atoms with van der Waals surface area (Å²) in [7, 11) is 0.